The number of carbonyl (C=O) groups excluding carboxylic acids is 1. The third kappa shape index (κ3) is 7.87. The molecule has 0 aliphatic carbocycles. The summed E-state index contributed by atoms with van der Waals surface area (Å²) in [5.41, 5.74) is 0. The summed E-state index contributed by atoms with van der Waals surface area (Å²) >= 11 is 1.64. The molecule has 0 rings (SSSR count). The normalized spacial score (nSPS) is 11.5. The molecule has 0 fully saturated rings. The van der Waals surface area contributed by atoms with Crippen LogP contribution in [0.3, 0.4) is 0 Å². The Labute approximate surface area is 93.3 Å². The van der Waals surface area contributed by atoms with E-state index in [1.165, 1.54) is 6.92 Å². The van der Waals surface area contributed by atoms with Crippen LogP contribution in [0.25, 0.3) is 0 Å². The summed E-state index contributed by atoms with van der Waals surface area (Å²) < 4.78 is 0. The average Bonchev–Trinajstić information content (AvgIpc) is 2.17. The zero-order valence-corrected chi connectivity index (χ0v) is 9.47. The van der Waals surface area contributed by atoms with E-state index in [1.807, 2.05) is 0 Å². The SMILES string of the molecule is C=CCSCCNC(=O)NC(C)C(=O)O. The summed E-state index contributed by atoms with van der Waals surface area (Å²) in [6, 6.07) is -1.32. The van der Waals surface area contributed by atoms with Gasteiger partial charge in [0.15, 0.2) is 0 Å². The Morgan fingerprint density at radius 2 is 2.27 bits per heavy atom. The summed E-state index contributed by atoms with van der Waals surface area (Å²) in [4.78, 5) is 21.5. The number of urea groups is 1. The Morgan fingerprint density at radius 3 is 2.80 bits per heavy atom. The van der Waals surface area contributed by atoms with E-state index in [4.69, 9.17) is 5.11 Å². The molecule has 0 aliphatic rings. The van der Waals surface area contributed by atoms with Crippen LogP contribution in [0.4, 0.5) is 4.79 Å². The molecule has 5 nitrogen and oxygen atoms in total. The lowest BCUT2D eigenvalue weighted by atomic mass is 10.3. The fraction of sp³-hybridized carbons (Fsp3) is 0.556. The topological polar surface area (TPSA) is 78.4 Å². The fourth-order valence-corrected chi connectivity index (χ4v) is 1.29. The van der Waals surface area contributed by atoms with Gasteiger partial charge in [0.25, 0.3) is 0 Å². The zero-order chi connectivity index (χ0) is 11.7. The van der Waals surface area contributed by atoms with E-state index in [-0.39, 0.29) is 0 Å². The molecule has 1 unspecified atom stereocenters. The number of thioether (sulfide) groups is 1. The summed E-state index contributed by atoms with van der Waals surface area (Å²) in [7, 11) is 0. The van der Waals surface area contributed by atoms with Gasteiger partial charge in [-0.05, 0) is 6.92 Å². The quantitative estimate of drug-likeness (QED) is 0.445. The van der Waals surface area contributed by atoms with Gasteiger partial charge in [0.1, 0.15) is 6.04 Å². The third-order valence-electron chi connectivity index (χ3n) is 1.49. The molecule has 0 saturated carbocycles. The predicted molar refractivity (Wildman–Crippen MR) is 61.2 cm³/mol. The minimum Gasteiger partial charge on any atom is -0.480 e. The maximum Gasteiger partial charge on any atom is 0.325 e. The van der Waals surface area contributed by atoms with Gasteiger partial charge >= 0.3 is 12.0 Å². The average molecular weight is 232 g/mol. The molecule has 6 heteroatoms. The number of amides is 2. The van der Waals surface area contributed by atoms with Crippen molar-refractivity contribution in [3.63, 3.8) is 0 Å². The molecule has 0 heterocycles. The number of carbonyl (C=O) groups is 2. The molecule has 1 atom stereocenters. The van der Waals surface area contributed by atoms with Crippen molar-refractivity contribution in [3.8, 4) is 0 Å². The fourth-order valence-electron chi connectivity index (χ4n) is 0.713. The number of carboxylic acids is 1. The van der Waals surface area contributed by atoms with Crippen LogP contribution in [0, 0.1) is 0 Å². The Hall–Kier alpha value is -1.17. The van der Waals surface area contributed by atoms with Gasteiger partial charge in [-0.15, -0.1) is 6.58 Å². The highest BCUT2D eigenvalue weighted by Crippen LogP contribution is 1.96. The molecule has 0 aromatic carbocycles. The van der Waals surface area contributed by atoms with E-state index in [9.17, 15) is 9.59 Å². The van der Waals surface area contributed by atoms with Crippen LogP contribution in [-0.2, 0) is 4.79 Å². The van der Waals surface area contributed by atoms with Gasteiger partial charge in [-0.3, -0.25) is 4.79 Å². The van der Waals surface area contributed by atoms with Crippen LogP contribution in [0.1, 0.15) is 6.92 Å². The lowest BCUT2D eigenvalue weighted by Gasteiger charge is -2.10. The molecule has 0 radical (unpaired) electrons. The molecule has 0 aliphatic heterocycles. The monoisotopic (exact) mass is 232 g/mol. The molecule has 15 heavy (non-hydrogen) atoms. The Balaban J connectivity index is 3.49. The first-order valence-corrected chi connectivity index (χ1v) is 5.69. The smallest absolute Gasteiger partial charge is 0.325 e. The van der Waals surface area contributed by atoms with Crippen molar-refractivity contribution in [2.24, 2.45) is 0 Å². The minimum absolute atomic E-state index is 0.455. The van der Waals surface area contributed by atoms with Crippen molar-refractivity contribution in [2.75, 3.05) is 18.1 Å². The van der Waals surface area contributed by atoms with Crippen LogP contribution in [0.5, 0.6) is 0 Å². The van der Waals surface area contributed by atoms with Crippen molar-refractivity contribution in [2.45, 2.75) is 13.0 Å². The first kappa shape index (κ1) is 13.8. The van der Waals surface area contributed by atoms with Gasteiger partial charge in [-0.1, -0.05) is 6.08 Å². The highest BCUT2D eigenvalue weighted by Gasteiger charge is 2.12. The van der Waals surface area contributed by atoms with E-state index < -0.39 is 18.0 Å². The largest absolute Gasteiger partial charge is 0.480 e. The molecule has 0 spiro atoms. The van der Waals surface area contributed by atoms with Crippen LogP contribution < -0.4 is 10.6 Å². The highest BCUT2D eigenvalue weighted by atomic mass is 32.2. The second-order valence-electron chi connectivity index (χ2n) is 2.82. The first-order chi connectivity index (χ1) is 7.07. The van der Waals surface area contributed by atoms with Crippen molar-refractivity contribution >= 4 is 23.8 Å². The Bertz CT molecular complexity index is 233. The van der Waals surface area contributed by atoms with E-state index >= 15 is 0 Å². The number of aliphatic carboxylic acids is 1. The van der Waals surface area contributed by atoms with Crippen LogP contribution in [0.15, 0.2) is 12.7 Å². The number of hydrogen-bond donors (Lipinski definition) is 3. The van der Waals surface area contributed by atoms with Gasteiger partial charge in [0, 0.05) is 18.1 Å². The summed E-state index contributed by atoms with van der Waals surface area (Å²) in [6.07, 6.45) is 1.79. The zero-order valence-electron chi connectivity index (χ0n) is 8.66. The highest BCUT2D eigenvalue weighted by molar-refractivity contribution is 7.99. The summed E-state index contributed by atoms with van der Waals surface area (Å²) in [5, 5.41) is 13.4. The molecule has 0 bridgehead atoms. The van der Waals surface area contributed by atoms with Gasteiger partial charge < -0.3 is 15.7 Å². The maximum absolute atomic E-state index is 11.1. The summed E-state index contributed by atoms with van der Waals surface area (Å²) in [6.45, 7) is 5.49. The minimum atomic E-state index is -1.05. The first-order valence-electron chi connectivity index (χ1n) is 4.53. The number of hydrogen-bond acceptors (Lipinski definition) is 3. The lowest BCUT2D eigenvalue weighted by molar-refractivity contribution is -0.138. The van der Waals surface area contributed by atoms with E-state index in [0.29, 0.717) is 6.54 Å². The second kappa shape index (κ2) is 8.16. The van der Waals surface area contributed by atoms with Gasteiger partial charge in [-0.2, -0.15) is 11.8 Å². The summed E-state index contributed by atoms with van der Waals surface area (Å²) in [5.74, 6) is 0.571. The van der Waals surface area contributed by atoms with Gasteiger partial charge in [0.05, 0.1) is 0 Å². The molecule has 0 aromatic rings. The van der Waals surface area contributed by atoms with Gasteiger partial charge in [-0.25, -0.2) is 4.79 Å². The van der Waals surface area contributed by atoms with Crippen molar-refractivity contribution in [1.29, 1.82) is 0 Å². The van der Waals surface area contributed by atoms with Crippen LogP contribution in [0.2, 0.25) is 0 Å². The van der Waals surface area contributed by atoms with E-state index in [0.717, 1.165) is 11.5 Å². The molecule has 86 valence electrons. The van der Waals surface area contributed by atoms with Crippen molar-refractivity contribution in [3.05, 3.63) is 12.7 Å². The maximum atomic E-state index is 11.1. The van der Waals surface area contributed by atoms with Crippen LogP contribution >= 0.6 is 11.8 Å². The molecule has 0 aromatic heterocycles. The number of carboxylic acid groups (broad SMARTS) is 1. The van der Waals surface area contributed by atoms with Crippen LogP contribution in [-0.4, -0.2) is 41.2 Å². The lowest BCUT2D eigenvalue weighted by Crippen LogP contribution is -2.44. The molecule has 2 amide bonds. The molecular formula is C9H16N2O3S. The molecule has 3 N–H and O–H groups in total. The van der Waals surface area contributed by atoms with Crippen molar-refractivity contribution in [1.82, 2.24) is 10.6 Å². The molecular weight excluding hydrogens is 216 g/mol. The Kier molecular flexibility index (Phi) is 7.53. The Morgan fingerprint density at radius 1 is 1.60 bits per heavy atom. The van der Waals surface area contributed by atoms with Crippen molar-refractivity contribution < 1.29 is 14.7 Å². The van der Waals surface area contributed by atoms with E-state index in [2.05, 4.69) is 17.2 Å². The standard InChI is InChI=1S/C9H16N2O3S/c1-3-5-15-6-4-10-9(14)11-7(2)8(12)13/h3,7H,1,4-6H2,2H3,(H,12,13)(H2,10,11,14). The third-order valence-corrected chi connectivity index (χ3v) is 2.45. The molecule has 0 saturated heterocycles. The van der Waals surface area contributed by atoms with E-state index in [1.54, 1.807) is 17.8 Å². The number of nitrogens with one attached hydrogen (secondary N) is 2. The second-order valence-corrected chi connectivity index (χ2v) is 3.97. The predicted octanol–water partition coefficient (Wildman–Crippen LogP) is 0.678. The number of rotatable bonds is 7. The van der Waals surface area contributed by atoms with Gasteiger partial charge in [0.2, 0.25) is 0 Å².